The molecule has 2 heterocycles. The zero-order valence-corrected chi connectivity index (χ0v) is 22.6. The minimum Gasteiger partial charge on any atom is -0.352 e. The van der Waals surface area contributed by atoms with E-state index >= 15 is 0 Å². The van der Waals surface area contributed by atoms with E-state index < -0.39 is 0 Å². The van der Waals surface area contributed by atoms with Gasteiger partial charge in [0.1, 0.15) is 12.2 Å². The summed E-state index contributed by atoms with van der Waals surface area (Å²) >= 11 is 5.54. The third kappa shape index (κ3) is 5.05. The van der Waals surface area contributed by atoms with Gasteiger partial charge < -0.3 is 15.2 Å². The molecule has 0 spiro atoms. The first-order chi connectivity index (χ1) is 17.9. The maximum atomic E-state index is 13.4. The first-order valence-corrected chi connectivity index (χ1v) is 13.6. The molecule has 1 aromatic heterocycles. The van der Waals surface area contributed by atoms with Gasteiger partial charge in [-0.15, -0.1) is 0 Å². The number of amides is 2. The first-order valence-electron chi connectivity index (χ1n) is 13.2. The topological polar surface area (TPSA) is 66.4 Å². The molecule has 192 valence electrons. The van der Waals surface area contributed by atoms with E-state index in [2.05, 4.69) is 29.7 Å². The minimum atomic E-state index is -0.184. The molecule has 1 saturated carbocycles. The van der Waals surface area contributed by atoms with Crippen LogP contribution in [0, 0.1) is 13.8 Å². The second kappa shape index (κ2) is 10.5. The molecular formula is C30H34N4O2S. The van der Waals surface area contributed by atoms with Crippen molar-refractivity contribution in [3.05, 3.63) is 70.5 Å². The van der Waals surface area contributed by atoms with Crippen molar-refractivity contribution in [2.75, 3.05) is 4.90 Å². The van der Waals surface area contributed by atoms with Crippen LogP contribution in [-0.4, -0.2) is 27.5 Å². The number of carbonyl (C=O) groups is 2. The number of hydrogen-bond acceptors (Lipinski definition) is 3. The predicted molar refractivity (Wildman–Crippen MR) is 153 cm³/mol. The van der Waals surface area contributed by atoms with Gasteiger partial charge in [-0.25, -0.2) is 0 Å². The van der Waals surface area contributed by atoms with Crippen LogP contribution in [0.15, 0.2) is 48.3 Å². The molecule has 1 aliphatic heterocycles. The summed E-state index contributed by atoms with van der Waals surface area (Å²) in [4.78, 5) is 27.9. The van der Waals surface area contributed by atoms with E-state index in [-0.39, 0.29) is 24.4 Å². The molecular weight excluding hydrogens is 480 g/mol. The van der Waals surface area contributed by atoms with E-state index in [1.165, 1.54) is 24.8 Å². The number of aromatic nitrogens is 1. The molecule has 5 rings (SSSR count). The summed E-state index contributed by atoms with van der Waals surface area (Å²) in [6.45, 7) is 6.44. The summed E-state index contributed by atoms with van der Waals surface area (Å²) < 4.78 is 2.03. The number of carbonyl (C=O) groups excluding carboxylic acids is 2. The summed E-state index contributed by atoms with van der Waals surface area (Å²) in [6.07, 6.45) is 10.4. The van der Waals surface area contributed by atoms with Gasteiger partial charge in [-0.2, -0.15) is 0 Å². The Hall–Kier alpha value is -3.45. The zero-order valence-electron chi connectivity index (χ0n) is 21.8. The van der Waals surface area contributed by atoms with Crippen LogP contribution in [0.4, 0.5) is 5.69 Å². The van der Waals surface area contributed by atoms with Crippen LogP contribution in [0.1, 0.15) is 61.3 Å². The molecule has 0 unspecified atom stereocenters. The number of anilines is 1. The van der Waals surface area contributed by atoms with E-state index in [4.69, 9.17) is 12.2 Å². The van der Waals surface area contributed by atoms with Crippen molar-refractivity contribution in [3.63, 3.8) is 0 Å². The molecule has 2 amide bonds. The average Bonchev–Trinajstić information content (AvgIpc) is 3.37. The molecule has 0 atom stereocenters. The molecule has 1 aliphatic carbocycles. The molecule has 2 aromatic carbocycles. The number of thiocarbonyl (C=S) groups is 1. The smallest absolute Gasteiger partial charge is 0.281 e. The van der Waals surface area contributed by atoms with Crippen molar-refractivity contribution >= 4 is 51.8 Å². The Balaban J connectivity index is 1.47. The van der Waals surface area contributed by atoms with E-state index in [1.54, 1.807) is 4.90 Å². The van der Waals surface area contributed by atoms with Gasteiger partial charge in [0, 0.05) is 23.2 Å². The van der Waals surface area contributed by atoms with Crippen molar-refractivity contribution < 1.29 is 9.59 Å². The molecule has 3 aromatic rings. The lowest BCUT2D eigenvalue weighted by molar-refractivity contribution is -0.122. The number of nitrogens with one attached hydrogen (secondary N) is 2. The van der Waals surface area contributed by atoms with Crippen molar-refractivity contribution in [1.82, 2.24) is 15.2 Å². The van der Waals surface area contributed by atoms with Crippen molar-refractivity contribution in [3.8, 4) is 0 Å². The number of hydrogen-bond donors (Lipinski definition) is 2. The van der Waals surface area contributed by atoms with Crippen LogP contribution in [0.5, 0.6) is 0 Å². The second-order valence-corrected chi connectivity index (χ2v) is 10.6. The van der Waals surface area contributed by atoms with Crippen molar-refractivity contribution in [2.45, 2.75) is 71.9 Å². The molecule has 7 heteroatoms. The van der Waals surface area contributed by atoms with Gasteiger partial charge in [0.15, 0.2) is 5.11 Å². The third-order valence-electron chi connectivity index (χ3n) is 7.60. The monoisotopic (exact) mass is 514 g/mol. The number of fused-ring (bicyclic) bond motifs is 1. The normalized spacial score (nSPS) is 17.6. The largest absolute Gasteiger partial charge is 0.352 e. The number of benzene rings is 2. The highest BCUT2D eigenvalue weighted by Crippen LogP contribution is 2.30. The van der Waals surface area contributed by atoms with Crippen LogP contribution in [-0.2, 0) is 22.6 Å². The van der Waals surface area contributed by atoms with E-state index in [0.717, 1.165) is 52.5 Å². The Morgan fingerprint density at radius 2 is 1.92 bits per heavy atom. The highest BCUT2D eigenvalue weighted by molar-refractivity contribution is 7.80. The number of rotatable bonds is 6. The van der Waals surface area contributed by atoms with Gasteiger partial charge in [-0.05, 0) is 80.2 Å². The van der Waals surface area contributed by atoms with E-state index in [9.17, 15) is 9.59 Å². The van der Waals surface area contributed by atoms with E-state index in [1.807, 2.05) is 55.0 Å². The van der Waals surface area contributed by atoms with Crippen LogP contribution in [0.25, 0.3) is 17.0 Å². The summed E-state index contributed by atoms with van der Waals surface area (Å²) in [5.41, 5.74) is 6.54. The molecule has 0 bridgehead atoms. The quantitative estimate of drug-likeness (QED) is 0.335. The maximum absolute atomic E-state index is 13.4. The Bertz CT molecular complexity index is 1410. The van der Waals surface area contributed by atoms with Crippen molar-refractivity contribution in [1.29, 1.82) is 0 Å². The third-order valence-corrected chi connectivity index (χ3v) is 7.89. The van der Waals surface area contributed by atoms with Crippen LogP contribution >= 0.6 is 12.2 Å². The SMILES string of the molecule is CCc1cccc2c(/C=C3\NC(=S)N(c4ccc(C)c(C)c4)C3=O)cn(CC(=O)NC3CCCCC3)c12. The minimum absolute atomic E-state index is 0.0334. The van der Waals surface area contributed by atoms with Gasteiger partial charge in [0.05, 0.1) is 11.2 Å². The first kappa shape index (κ1) is 25.2. The van der Waals surface area contributed by atoms with Gasteiger partial charge in [0.25, 0.3) is 5.91 Å². The molecule has 6 nitrogen and oxygen atoms in total. The molecule has 2 fully saturated rings. The maximum Gasteiger partial charge on any atom is 0.281 e. The molecule has 0 radical (unpaired) electrons. The van der Waals surface area contributed by atoms with Gasteiger partial charge in [0.2, 0.25) is 5.91 Å². The average molecular weight is 515 g/mol. The summed E-state index contributed by atoms with van der Waals surface area (Å²) in [6, 6.07) is 12.4. The molecule has 37 heavy (non-hydrogen) atoms. The fourth-order valence-electron chi connectivity index (χ4n) is 5.46. The van der Waals surface area contributed by atoms with Crippen molar-refractivity contribution in [2.24, 2.45) is 0 Å². The highest BCUT2D eigenvalue weighted by Gasteiger charge is 2.32. The van der Waals surface area contributed by atoms with Crippen LogP contribution < -0.4 is 15.5 Å². The number of nitrogens with zero attached hydrogens (tertiary/aromatic N) is 2. The van der Waals surface area contributed by atoms with E-state index in [0.29, 0.717) is 10.8 Å². The highest BCUT2D eigenvalue weighted by atomic mass is 32.1. The standard InChI is InChI=1S/C30H34N4O2S/c1-4-21-9-8-12-25-22(17-33(28(21)25)18-27(35)31-23-10-6-5-7-11-23)16-26-29(36)34(30(37)32-26)24-14-13-19(2)20(3)15-24/h8-9,12-17,23H,4-7,10-11,18H2,1-3H3,(H,31,35)(H,32,37)/b26-16-. The van der Waals surface area contributed by atoms with Gasteiger partial charge >= 0.3 is 0 Å². The summed E-state index contributed by atoms with van der Waals surface area (Å²) in [5, 5.41) is 7.73. The Morgan fingerprint density at radius 1 is 1.14 bits per heavy atom. The summed E-state index contributed by atoms with van der Waals surface area (Å²) in [5.74, 6) is -0.151. The lowest BCUT2D eigenvalue weighted by Crippen LogP contribution is -2.38. The fraction of sp³-hybridized carbons (Fsp3) is 0.367. The second-order valence-electron chi connectivity index (χ2n) is 10.2. The van der Waals surface area contributed by atoms with Crippen LogP contribution in [0.2, 0.25) is 0 Å². The molecule has 1 saturated heterocycles. The Morgan fingerprint density at radius 3 is 2.65 bits per heavy atom. The number of para-hydroxylation sites is 1. The lowest BCUT2D eigenvalue weighted by atomic mass is 9.95. The molecule has 2 aliphatic rings. The Kier molecular flexibility index (Phi) is 7.15. The summed E-state index contributed by atoms with van der Waals surface area (Å²) in [7, 11) is 0. The zero-order chi connectivity index (χ0) is 26.1. The number of aryl methyl sites for hydroxylation is 3. The van der Waals surface area contributed by atoms with Gasteiger partial charge in [-0.3, -0.25) is 14.5 Å². The Labute approximate surface area is 223 Å². The van der Waals surface area contributed by atoms with Crippen LogP contribution in [0.3, 0.4) is 0 Å². The fourth-order valence-corrected chi connectivity index (χ4v) is 5.75. The molecule has 2 N–H and O–H groups in total. The predicted octanol–water partition coefficient (Wildman–Crippen LogP) is 5.53. The lowest BCUT2D eigenvalue weighted by Gasteiger charge is -2.23. The van der Waals surface area contributed by atoms with Gasteiger partial charge in [-0.1, -0.05) is 50.5 Å².